The minimum absolute atomic E-state index is 0.0401. The van der Waals surface area contributed by atoms with Gasteiger partial charge >= 0.3 is 0 Å². The maximum Gasteiger partial charge on any atom is 0.269 e. The maximum absolute atomic E-state index is 11.9. The lowest BCUT2D eigenvalue weighted by atomic mass is 10.0. The van der Waals surface area contributed by atoms with Crippen LogP contribution in [0, 0.1) is 10.1 Å². The van der Waals surface area contributed by atoms with Crippen LogP contribution in [0.2, 0.25) is 0 Å². The minimum atomic E-state index is -0.438. The van der Waals surface area contributed by atoms with Gasteiger partial charge in [-0.1, -0.05) is 6.07 Å². The fraction of sp³-hybridized carbons (Fsp3) is 0.167. The molecule has 0 spiro atoms. The fourth-order valence-corrected chi connectivity index (χ4v) is 3.49. The molecule has 2 heterocycles. The van der Waals surface area contributed by atoms with Crippen LogP contribution < -0.4 is 10.1 Å². The number of nitro groups is 1. The molecule has 0 saturated heterocycles. The third-order valence-electron chi connectivity index (χ3n) is 4.38. The SMILES string of the molecule is O=C1C[C@@H](c2ccc(OCc3ccc([N+](=O)[O-])cc3)c(Br)c2)n2ncnc2N1. The van der Waals surface area contributed by atoms with Crippen molar-refractivity contribution in [3.8, 4) is 5.75 Å². The Morgan fingerprint density at radius 1 is 1.29 bits per heavy atom. The van der Waals surface area contributed by atoms with Gasteiger partial charge in [-0.2, -0.15) is 10.1 Å². The first-order valence-electron chi connectivity index (χ1n) is 8.36. The molecule has 10 heteroatoms. The molecule has 9 nitrogen and oxygen atoms in total. The molecular formula is C18H14BrN5O4. The first-order chi connectivity index (χ1) is 13.5. The number of carbonyl (C=O) groups excluding carboxylic acids is 1. The summed E-state index contributed by atoms with van der Waals surface area (Å²) in [6, 6.07) is 11.5. The van der Waals surface area contributed by atoms with Gasteiger partial charge < -0.3 is 4.74 Å². The zero-order chi connectivity index (χ0) is 19.7. The second kappa shape index (κ2) is 7.39. The molecule has 3 aromatic rings. The lowest BCUT2D eigenvalue weighted by Crippen LogP contribution is -2.29. The van der Waals surface area contributed by atoms with Crippen LogP contribution in [0.3, 0.4) is 0 Å². The smallest absolute Gasteiger partial charge is 0.269 e. The minimum Gasteiger partial charge on any atom is -0.488 e. The summed E-state index contributed by atoms with van der Waals surface area (Å²) in [7, 11) is 0. The van der Waals surface area contributed by atoms with E-state index in [0.29, 0.717) is 11.7 Å². The highest BCUT2D eigenvalue weighted by Crippen LogP contribution is 2.34. The number of anilines is 1. The second-order valence-electron chi connectivity index (χ2n) is 6.20. The van der Waals surface area contributed by atoms with Gasteiger partial charge in [0.25, 0.3) is 5.69 Å². The second-order valence-corrected chi connectivity index (χ2v) is 7.05. The van der Waals surface area contributed by atoms with Crippen LogP contribution in [0.1, 0.15) is 23.6 Å². The van der Waals surface area contributed by atoms with E-state index in [0.717, 1.165) is 15.6 Å². The van der Waals surface area contributed by atoms with Gasteiger partial charge in [-0.25, -0.2) is 4.68 Å². The molecule has 28 heavy (non-hydrogen) atoms. The number of amides is 1. The van der Waals surface area contributed by atoms with Crippen molar-refractivity contribution in [3.05, 3.63) is 74.5 Å². The van der Waals surface area contributed by atoms with E-state index >= 15 is 0 Å². The van der Waals surface area contributed by atoms with Gasteiger partial charge in [0.2, 0.25) is 11.9 Å². The lowest BCUT2D eigenvalue weighted by molar-refractivity contribution is -0.384. The molecule has 1 atom stereocenters. The topological polar surface area (TPSA) is 112 Å². The Morgan fingerprint density at radius 3 is 2.79 bits per heavy atom. The van der Waals surface area contributed by atoms with Gasteiger partial charge in [0.15, 0.2) is 0 Å². The van der Waals surface area contributed by atoms with Crippen LogP contribution in [-0.4, -0.2) is 25.6 Å². The van der Waals surface area contributed by atoms with Gasteiger partial charge in [0.05, 0.1) is 21.9 Å². The van der Waals surface area contributed by atoms with Gasteiger partial charge in [-0.15, -0.1) is 0 Å². The highest BCUT2D eigenvalue weighted by molar-refractivity contribution is 9.10. The predicted molar refractivity (Wildman–Crippen MR) is 103 cm³/mol. The molecule has 142 valence electrons. The molecule has 4 rings (SSSR count). The molecule has 0 saturated carbocycles. The Balaban J connectivity index is 1.49. The number of hydrogen-bond donors (Lipinski definition) is 1. The summed E-state index contributed by atoms with van der Waals surface area (Å²) in [4.78, 5) is 26.2. The van der Waals surface area contributed by atoms with Gasteiger partial charge in [-0.05, 0) is 51.3 Å². The Hall–Kier alpha value is -3.27. The summed E-state index contributed by atoms with van der Waals surface area (Å²) in [5, 5.41) is 17.6. The summed E-state index contributed by atoms with van der Waals surface area (Å²) in [5.41, 5.74) is 1.76. The van der Waals surface area contributed by atoms with Crippen molar-refractivity contribution in [2.75, 3.05) is 5.32 Å². The van der Waals surface area contributed by atoms with E-state index in [1.54, 1.807) is 16.8 Å². The molecule has 0 fully saturated rings. The maximum atomic E-state index is 11.9. The summed E-state index contributed by atoms with van der Waals surface area (Å²) in [6.45, 7) is 0.273. The summed E-state index contributed by atoms with van der Waals surface area (Å²) in [6.07, 6.45) is 1.68. The number of carbonyl (C=O) groups is 1. The first-order valence-corrected chi connectivity index (χ1v) is 9.15. The monoisotopic (exact) mass is 443 g/mol. The van der Waals surface area contributed by atoms with E-state index in [1.165, 1.54) is 18.5 Å². The Morgan fingerprint density at radius 2 is 2.07 bits per heavy atom. The number of benzene rings is 2. The van der Waals surface area contributed by atoms with Crippen LogP contribution >= 0.6 is 15.9 Å². The van der Waals surface area contributed by atoms with E-state index < -0.39 is 4.92 Å². The third-order valence-corrected chi connectivity index (χ3v) is 5.00. The number of fused-ring (bicyclic) bond motifs is 1. The lowest BCUT2D eigenvalue weighted by Gasteiger charge is -2.24. The zero-order valence-electron chi connectivity index (χ0n) is 14.4. The zero-order valence-corrected chi connectivity index (χ0v) is 16.0. The van der Waals surface area contributed by atoms with Crippen LogP contribution in [0.15, 0.2) is 53.3 Å². The summed E-state index contributed by atoms with van der Waals surface area (Å²) >= 11 is 3.50. The van der Waals surface area contributed by atoms with Crippen molar-refractivity contribution < 1.29 is 14.5 Å². The normalized spacial score (nSPS) is 15.6. The number of nitrogens with one attached hydrogen (secondary N) is 1. The van der Waals surface area contributed by atoms with Gasteiger partial charge in [-0.3, -0.25) is 20.2 Å². The molecule has 0 unspecified atom stereocenters. The van der Waals surface area contributed by atoms with E-state index in [2.05, 4.69) is 31.3 Å². The van der Waals surface area contributed by atoms with Crippen LogP contribution in [0.4, 0.5) is 11.6 Å². The van der Waals surface area contributed by atoms with Crippen LogP contribution in [0.25, 0.3) is 0 Å². The third kappa shape index (κ3) is 3.58. The number of rotatable bonds is 5. The van der Waals surface area contributed by atoms with Gasteiger partial charge in [0, 0.05) is 12.1 Å². The predicted octanol–water partition coefficient (Wildman–Crippen LogP) is 3.46. The number of ether oxygens (including phenoxy) is 1. The molecule has 1 aliphatic heterocycles. The summed E-state index contributed by atoms with van der Waals surface area (Å²) in [5.74, 6) is 0.942. The Kier molecular flexibility index (Phi) is 4.78. The standard InChI is InChI=1S/C18H14BrN5O4/c19-14-7-12(15-8-17(25)22-18-20-10-21-23(15)18)3-6-16(14)28-9-11-1-4-13(5-2-11)24(26)27/h1-7,10,15H,8-9H2,(H,20,21,22,25)/t15-/m0/s1. The number of hydrogen-bond acceptors (Lipinski definition) is 6. The van der Waals surface area contributed by atoms with Crippen molar-refractivity contribution in [2.24, 2.45) is 0 Å². The molecule has 1 N–H and O–H groups in total. The van der Waals surface area contributed by atoms with E-state index in [1.807, 2.05) is 18.2 Å². The van der Waals surface area contributed by atoms with E-state index in [-0.39, 0.29) is 30.7 Å². The van der Waals surface area contributed by atoms with E-state index in [4.69, 9.17) is 4.74 Å². The van der Waals surface area contributed by atoms with E-state index in [9.17, 15) is 14.9 Å². The number of nitrogens with zero attached hydrogens (tertiary/aromatic N) is 4. The number of nitro benzene ring substituents is 1. The number of non-ortho nitro benzene ring substituents is 1. The molecule has 0 radical (unpaired) electrons. The highest BCUT2D eigenvalue weighted by Gasteiger charge is 2.28. The molecule has 0 bridgehead atoms. The Bertz CT molecular complexity index is 1050. The van der Waals surface area contributed by atoms with Crippen LogP contribution in [-0.2, 0) is 11.4 Å². The molecular weight excluding hydrogens is 430 g/mol. The largest absolute Gasteiger partial charge is 0.488 e. The van der Waals surface area contributed by atoms with Crippen LogP contribution in [0.5, 0.6) is 5.75 Å². The average molecular weight is 444 g/mol. The fourth-order valence-electron chi connectivity index (χ4n) is 2.98. The van der Waals surface area contributed by atoms with Gasteiger partial charge in [0.1, 0.15) is 18.7 Å². The molecule has 1 amide bonds. The van der Waals surface area contributed by atoms with Crippen molar-refractivity contribution in [3.63, 3.8) is 0 Å². The molecule has 1 aliphatic rings. The molecule has 0 aliphatic carbocycles. The summed E-state index contributed by atoms with van der Waals surface area (Å²) < 4.78 is 8.23. The number of aromatic nitrogens is 3. The number of halogens is 1. The van der Waals surface area contributed by atoms with Crippen molar-refractivity contribution in [2.45, 2.75) is 19.1 Å². The quantitative estimate of drug-likeness (QED) is 0.477. The van der Waals surface area contributed by atoms with Crippen molar-refractivity contribution in [1.82, 2.24) is 14.8 Å². The Labute approximate surface area is 167 Å². The molecule has 2 aromatic carbocycles. The van der Waals surface area contributed by atoms with Crippen molar-refractivity contribution in [1.29, 1.82) is 0 Å². The molecule has 1 aromatic heterocycles. The average Bonchev–Trinajstić information content (AvgIpc) is 3.15. The first kappa shape index (κ1) is 18.1. The highest BCUT2D eigenvalue weighted by atomic mass is 79.9. The van der Waals surface area contributed by atoms with Crippen molar-refractivity contribution >= 4 is 33.5 Å².